The van der Waals surface area contributed by atoms with Gasteiger partial charge in [-0.3, -0.25) is 4.90 Å². The van der Waals surface area contributed by atoms with Crippen molar-refractivity contribution in [2.24, 2.45) is 0 Å². The van der Waals surface area contributed by atoms with Crippen LogP contribution < -0.4 is 4.90 Å². The summed E-state index contributed by atoms with van der Waals surface area (Å²) in [5.74, 6) is 2.72. The minimum atomic E-state index is 0.542. The molecule has 6 heteroatoms. The van der Waals surface area contributed by atoms with E-state index < -0.39 is 0 Å². The van der Waals surface area contributed by atoms with E-state index in [9.17, 15) is 0 Å². The maximum absolute atomic E-state index is 4.78. The molecule has 2 fully saturated rings. The molecular weight excluding hydrogens is 372 g/mol. The normalized spacial score (nSPS) is 21.7. The van der Waals surface area contributed by atoms with Crippen molar-refractivity contribution in [3.05, 3.63) is 38.9 Å². The van der Waals surface area contributed by atoms with E-state index >= 15 is 0 Å². The lowest BCUT2D eigenvalue weighted by molar-refractivity contribution is 0.329. The highest BCUT2D eigenvalue weighted by Gasteiger charge is 2.29. The highest BCUT2D eigenvalue weighted by Crippen LogP contribution is 2.38. The summed E-state index contributed by atoms with van der Waals surface area (Å²) >= 11 is 5.38. The zero-order chi connectivity index (χ0) is 15.8. The van der Waals surface area contributed by atoms with Gasteiger partial charge in [0.2, 0.25) is 0 Å². The summed E-state index contributed by atoms with van der Waals surface area (Å²) in [6.07, 6.45) is 5.62. The van der Waals surface area contributed by atoms with Crippen molar-refractivity contribution in [1.29, 1.82) is 0 Å². The molecule has 1 unspecified atom stereocenters. The highest BCUT2D eigenvalue weighted by molar-refractivity contribution is 9.11. The van der Waals surface area contributed by atoms with Gasteiger partial charge in [0, 0.05) is 49.7 Å². The summed E-state index contributed by atoms with van der Waals surface area (Å²) < 4.78 is 1.22. The molecule has 2 aromatic heterocycles. The molecule has 23 heavy (non-hydrogen) atoms. The number of hydrogen-bond donors (Lipinski definition) is 0. The Morgan fingerprint density at radius 3 is 2.91 bits per heavy atom. The van der Waals surface area contributed by atoms with Gasteiger partial charge in [0.25, 0.3) is 0 Å². The molecule has 1 saturated heterocycles. The van der Waals surface area contributed by atoms with Crippen LogP contribution in [-0.2, 0) is 6.54 Å². The summed E-state index contributed by atoms with van der Waals surface area (Å²) in [6.45, 7) is 3.32. The molecule has 3 heterocycles. The van der Waals surface area contributed by atoms with E-state index in [1.54, 1.807) is 0 Å². The van der Waals surface area contributed by atoms with Crippen molar-refractivity contribution < 1.29 is 0 Å². The summed E-state index contributed by atoms with van der Waals surface area (Å²) in [5, 5.41) is 0. The van der Waals surface area contributed by atoms with Crippen molar-refractivity contribution in [3.8, 4) is 0 Å². The molecule has 0 N–H and O–H groups in total. The first-order valence-corrected chi connectivity index (χ1v) is 9.82. The smallest absolute Gasteiger partial charge is 0.133 e. The van der Waals surface area contributed by atoms with E-state index in [0.29, 0.717) is 12.0 Å². The molecule has 1 aliphatic carbocycles. The Hall–Kier alpha value is -0.980. The van der Waals surface area contributed by atoms with E-state index in [-0.39, 0.29) is 0 Å². The molecule has 2 aromatic rings. The monoisotopic (exact) mass is 392 g/mol. The molecule has 0 spiro atoms. The highest BCUT2D eigenvalue weighted by atomic mass is 79.9. The van der Waals surface area contributed by atoms with Crippen LogP contribution in [0.1, 0.15) is 35.9 Å². The van der Waals surface area contributed by atoms with Gasteiger partial charge in [-0.05, 0) is 53.4 Å². The molecule has 0 amide bonds. The van der Waals surface area contributed by atoms with Crippen LogP contribution in [0.4, 0.5) is 5.82 Å². The second-order valence-corrected chi connectivity index (χ2v) is 9.09. The predicted molar refractivity (Wildman–Crippen MR) is 98.1 cm³/mol. The van der Waals surface area contributed by atoms with Gasteiger partial charge in [0.15, 0.2) is 0 Å². The Kier molecular flexibility index (Phi) is 4.39. The number of aromatic nitrogens is 2. The minimum absolute atomic E-state index is 0.542. The van der Waals surface area contributed by atoms with Crippen LogP contribution >= 0.6 is 27.3 Å². The molecule has 4 nitrogen and oxygen atoms in total. The van der Waals surface area contributed by atoms with Crippen molar-refractivity contribution in [2.45, 2.75) is 37.8 Å². The average molecular weight is 393 g/mol. The summed E-state index contributed by atoms with van der Waals surface area (Å²) in [4.78, 5) is 15.5. The second kappa shape index (κ2) is 6.49. The molecule has 1 aliphatic heterocycles. The van der Waals surface area contributed by atoms with Gasteiger partial charge in [-0.2, -0.15) is 0 Å². The number of thiophene rings is 1. The summed E-state index contributed by atoms with van der Waals surface area (Å²) in [6, 6.07) is 6.95. The van der Waals surface area contributed by atoms with Crippen molar-refractivity contribution in [1.82, 2.24) is 14.9 Å². The fourth-order valence-electron chi connectivity index (χ4n) is 3.21. The molecule has 1 atom stereocenters. The molecule has 0 radical (unpaired) electrons. The molecule has 4 rings (SSSR count). The topological polar surface area (TPSA) is 32.3 Å². The first kappa shape index (κ1) is 15.5. The number of rotatable bonds is 5. The summed E-state index contributed by atoms with van der Waals surface area (Å²) in [5.41, 5.74) is 0. The lowest BCUT2D eigenvalue weighted by Crippen LogP contribution is -2.35. The number of likely N-dealkylation sites (tertiary alicyclic amines) is 1. The van der Waals surface area contributed by atoms with E-state index in [2.05, 4.69) is 49.9 Å². The molecule has 122 valence electrons. The maximum Gasteiger partial charge on any atom is 0.133 e. The third-order valence-corrected chi connectivity index (χ3v) is 6.38. The number of hydrogen-bond acceptors (Lipinski definition) is 5. The zero-order valence-corrected chi connectivity index (χ0v) is 15.7. The van der Waals surface area contributed by atoms with E-state index in [4.69, 9.17) is 4.98 Å². The van der Waals surface area contributed by atoms with Crippen LogP contribution in [-0.4, -0.2) is 41.0 Å². The first-order chi connectivity index (χ1) is 11.2. The molecule has 0 bridgehead atoms. The van der Waals surface area contributed by atoms with Crippen LogP contribution in [0.3, 0.4) is 0 Å². The molecule has 2 aliphatic rings. The quantitative estimate of drug-likeness (QED) is 0.772. The van der Waals surface area contributed by atoms with E-state index in [0.717, 1.165) is 31.3 Å². The maximum atomic E-state index is 4.78. The van der Waals surface area contributed by atoms with Crippen LogP contribution in [0.5, 0.6) is 0 Å². The van der Waals surface area contributed by atoms with Gasteiger partial charge in [-0.25, -0.2) is 9.97 Å². The van der Waals surface area contributed by atoms with Crippen LogP contribution in [0.2, 0.25) is 0 Å². The lowest BCUT2D eigenvalue weighted by atomic mass is 10.2. The number of nitrogens with zero attached hydrogens (tertiary/aromatic N) is 4. The third-order valence-electron chi connectivity index (χ3n) is 4.77. The predicted octanol–water partition coefficient (Wildman–Crippen LogP) is 3.89. The van der Waals surface area contributed by atoms with Crippen molar-refractivity contribution >= 4 is 33.1 Å². The van der Waals surface area contributed by atoms with Crippen LogP contribution in [0.15, 0.2) is 28.2 Å². The third kappa shape index (κ3) is 3.59. The summed E-state index contributed by atoms with van der Waals surface area (Å²) in [7, 11) is 2.18. The molecule has 0 aromatic carbocycles. The SMILES string of the molecule is CN(c1ccnc(C2CC2)n1)C1CCN(Cc2ccc(Br)s2)C1. The van der Waals surface area contributed by atoms with Gasteiger partial charge in [0.05, 0.1) is 3.79 Å². The van der Waals surface area contributed by atoms with Gasteiger partial charge >= 0.3 is 0 Å². The van der Waals surface area contributed by atoms with Crippen molar-refractivity contribution in [2.75, 3.05) is 25.0 Å². The van der Waals surface area contributed by atoms with Gasteiger partial charge in [-0.15, -0.1) is 11.3 Å². The average Bonchev–Trinajstić information content (AvgIpc) is 3.19. The standard InChI is InChI=1S/C17H21BrN4S/c1-21(16-6-8-19-17(20-16)12-2-3-12)13-7-9-22(10-13)11-14-4-5-15(18)23-14/h4-6,8,12-13H,2-3,7,9-11H2,1H3. The van der Waals surface area contributed by atoms with Crippen molar-refractivity contribution in [3.63, 3.8) is 0 Å². The largest absolute Gasteiger partial charge is 0.355 e. The Balaban J connectivity index is 1.39. The first-order valence-electron chi connectivity index (χ1n) is 8.21. The van der Waals surface area contributed by atoms with E-state index in [1.165, 1.54) is 27.9 Å². The van der Waals surface area contributed by atoms with Gasteiger partial charge in [-0.1, -0.05) is 0 Å². The Morgan fingerprint density at radius 1 is 1.30 bits per heavy atom. The Labute approximate surface area is 149 Å². The van der Waals surface area contributed by atoms with Crippen LogP contribution in [0.25, 0.3) is 0 Å². The second-order valence-electron chi connectivity index (χ2n) is 6.54. The molecular formula is C17H21BrN4S. The number of halogens is 1. The van der Waals surface area contributed by atoms with Gasteiger partial charge in [0.1, 0.15) is 11.6 Å². The molecule has 1 saturated carbocycles. The van der Waals surface area contributed by atoms with Crippen LogP contribution in [0, 0.1) is 0 Å². The Bertz CT molecular complexity index is 685. The zero-order valence-electron chi connectivity index (χ0n) is 13.3. The minimum Gasteiger partial charge on any atom is -0.355 e. The fraction of sp³-hybridized carbons (Fsp3) is 0.529. The number of likely N-dealkylation sites (N-methyl/N-ethyl adjacent to an activating group) is 1. The van der Waals surface area contributed by atoms with Gasteiger partial charge < -0.3 is 4.90 Å². The number of anilines is 1. The lowest BCUT2D eigenvalue weighted by Gasteiger charge is -2.26. The Morgan fingerprint density at radius 2 is 2.17 bits per heavy atom. The fourth-order valence-corrected chi connectivity index (χ4v) is 4.74. The van der Waals surface area contributed by atoms with E-state index in [1.807, 2.05) is 23.6 Å².